The van der Waals surface area contributed by atoms with Crippen molar-refractivity contribution < 1.29 is 8.78 Å². The highest BCUT2D eigenvalue weighted by Crippen LogP contribution is 2.23. The number of likely N-dealkylation sites (tertiary alicyclic amines) is 1. The van der Waals surface area contributed by atoms with Crippen molar-refractivity contribution in [1.29, 1.82) is 0 Å². The first-order valence-corrected chi connectivity index (χ1v) is 10.5. The normalized spacial score (nSPS) is 15.7. The van der Waals surface area contributed by atoms with Gasteiger partial charge in [-0.25, -0.2) is 9.37 Å². The molecule has 0 unspecified atom stereocenters. The van der Waals surface area contributed by atoms with Gasteiger partial charge in [0.15, 0.2) is 0 Å². The number of halogens is 2. The highest BCUT2D eigenvalue weighted by atomic mass is 19.1. The average molecular weight is 412 g/mol. The predicted molar refractivity (Wildman–Crippen MR) is 112 cm³/mol. The Hall–Kier alpha value is -2.67. The number of hydrogen-bond acceptors (Lipinski definition) is 4. The predicted octanol–water partition coefficient (Wildman–Crippen LogP) is 3.72. The van der Waals surface area contributed by atoms with Crippen LogP contribution in [-0.2, 0) is 13.0 Å². The van der Waals surface area contributed by atoms with Gasteiger partial charge in [-0.3, -0.25) is 9.78 Å². The van der Waals surface area contributed by atoms with Crippen LogP contribution in [0, 0.1) is 24.6 Å². The van der Waals surface area contributed by atoms with Gasteiger partial charge in [-0.2, -0.15) is 4.39 Å². The Morgan fingerprint density at radius 3 is 2.63 bits per heavy atom. The molecular weight excluding hydrogens is 386 g/mol. The molecule has 0 saturated carbocycles. The lowest BCUT2D eigenvalue weighted by atomic mass is 9.90. The second kappa shape index (κ2) is 9.00. The van der Waals surface area contributed by atoms with Gasteiger partial charge in [0, 0.05) is 37.0 Å². The summed E-state index contributed by atoms with van der Waals surface area (Å²) in [5.74, 6) is -0.185. The van der Waals surface area contributed by atoms with Crippen LogP contribution in [0.3, 0.4) is 0 Å². The molecule has 0 spiro atoms. The molecule has 30 heavy (non-hydrogen) atoms. The van der Waals surface area contributed by atoms with E-state index in [0.29, 0.717) is 29.1 Å². The Morgan fingerprint density at radius 1 is 1.07 bits per heavy atom. The number of aryl methyl sites for hydroxylation is 2. The smallest absolute Gasteiger partial charge is 0.251 e. The molecule has 3 aromatic heterocycles. The highest BCUT2D eigenvalue weighted by Gasteiger charge is 2.19. The van der Waals surface area contributed by atoms with Crippen LogP contribution >= 0.6 is 0 Å². The van der Waals surface area contributed by atoms with Crippen LogP contribution in [-0.4, -0.2) is 39.1 Å². The van der Waals surface area contributed by atoms with Crippen molar-refractivity contribution in [3.8, 4) is 0 Å². The molecule has 0 atom stereocenters. The van der Waals surface area contributed by atoms with Crippen LogP contribution in [0.4, 0.5) is 8.78 Å². The number of rotatable bonds is 6. The fourth-order valence-corrected chi connectivity index (χ4v) is 4.24. The van der Waals surface area contributed by atoms with E-state index in [1.807, 2.05) is 6.07 Å². The van der Waals surface area contributed by atoms with E-state index < -0.39 is 11.8 Å². The molecule has 0 aliphatic carbocycles. The van der Waals surface area contributed by atoms with Gasteiger partial charge in [0.05, 0.1) is 17.2 Å². The lowest BCUT2D eigenvalue weighted by molar-refractivity contribution is 0.174. The summed E-state index contributed by atoms with van der Waals surface area (Å²) in [6, 6.07) is 6.39. The molecule has 3 aromatic rings. The molecule has 1 saturated heterocycles. The fraction of sp³-hybridized carbons (Fsp3) is 0.435. The van der Waals surface area contributed by atoms with E-state index in [1.54, 1.807) is 23.8 Å². The first-order chi connectivity index (χ1) is 14.5. The minimum atomic E-state index is -0.436. The quantitative estimate of drug-likeness (QED) is 0.579. The van der Waals surface area contributed by atoms with Crippen LogP contribution in [0.1, 0.15) is 30.4 Å². The minimum Gasteiger partial charge on any atom is -0.305 e. The van der Waals surface area contributed by atoms with Crippen molar-refractivity contribution in [2.75, 3.05) is 19.6 Å². The maximum atomic E-state index is 13.6. The molecule has 158 valence electrons. The lowest BCUT2D eigenvalue weighted by Gasteiger charge is -2.32. The zero-order valence-electron chi connectivity index (χ0n) is 17.2. The fourth-order valence-electron chi connectivity index (χ4n) is 4.24. The van der Waals surface area contributed by atoms with Gasteiger partial charge in [-0.1, -0.05) is 6.07 Å². The molecule has 0 radical (unpaired) electrons. The van der Waals surface area contributed by atoms with Crippen molar-refractivity contribution in [3.63, 3.8) is 0 Å². The SMILES string of the molecule is Cc1cc(CCC2CCN(CCn3c(=O)ccc4ncc(F)cc43)CC2)cnc1F. The van der Waals surface area contributed by atoms with E-state index in [0.717, 1.165) is 50.9 Å². The first-order valence-electron chi connectivity index (χ1n) is 10.5. The van der Waals surface area contributed by atoms with Gasteiger partial charge >= 0.3 is 0 Å². The summed E-state index contributed by atoms with van der Waals surface area (Å²) in [4.78, 5) is 22.5. The van der Waals surface area contributed by atoms with Crippen molar-refractivity contribution in [3.05, 3.63) is 69.9 Å². The van der Waals surface area contributed by atoms with E-state index in [4.69, 9.17) is 0 Å². The van der Waals surface area contributed by atoms with Crippen molar-refractivity contribution >= 4 is 11.0 Å². The molecular formula is C23H26F2N4O. The van der Waals surface area contributed by atoms with Gasteiger partial charge in [-0.05, 0) is 63.2 Å². The van der Waals surface area contributed by atoms with Crippen LogP contribution in [0.2, 0.25) is 0 Å². The number of aromatic nitrogens is 3. The number of nitrogens with zero attached hydrogens (tertiary/aromatic N) is 4. The van der Waals surface area contributed by atoms with Crippen LogP contribution in [0.5, 0.6) is 0 Å². The highest BCUT2D eigenvalue weighted by molar-refractivity contribution is 5.74. The maximum absolute atomic E-state index is 13.6. The van der Waals surface area contributed by atoms with Crippen molar-refractivity contribution in [2.24, 2.45) is 5.92 Å². The summed E-state index contributed by atoms with van der Waals surface area (Å²) in [7, 11) is 0. The second-order valence-corrected chi connectivity index (χ2v) is 8.16. The van der Waals surface area contributed by atoms with Crippen molar-refractivity contribution in [2.45, 2.75) is 39.2 Å². The standard InChI is InChI=1S/C23H26F2N4O/c1-16-12-18(14-27-23(16)25)3-2-17-6-8-28(9-7-17)10-11-29-21-13-19(24)15-26-20(21)4-5-22(29)30/h4-5,12-15,17H,2-3,6-11H2,1H3. The third-order valence-corrected chi connectivity index (χ3v) is 6.06. The molecule has 0 bridgehead atoms. The molecule has 0 amide bonds. The van der Waals surface area contributed by atoms with Crippen LogP contribution in [0.15, 0.2) is 41.5 Å². The summed E-state index contributed by atoms with van der Waals surface area (Å²) in [5, 5.41) is 0. The molecule has 5 nitrogen and oxygen atoms in total. The summed E-state index contributed by atoms with van der Waals surface area (Å²) in [5.41, 5.74) is 2.72. The van der Waals surface area contributed by atoms with Crippen LogP contribution < -0.4 is 5.56 Å². The molecule has 4 rings (SSSR count). The molecule has 1 aliphatic heterocycles. The lowest BCUT2D eigenvalue weighted by Crippen LogP contribution is -2.37. The monoisotopic (exact) mass is 412 g/mol. The molecule has 1 aliphatic rings. The van der Waals surface area contributed by atoms with Gasteiger partial charge < -0.3 is 9.47 Å². The summed E-state index contributed by atoms with van der Waals surface area (Å²) < 4.78 is 28.5. The van der Waals surface area contributed by atoms with Gasteiger partial charge in [0.2, 0.25) is 5.95 Å². The number of hydrogen-bond donors (Lipinski definition) is 0. The third kappa shape index (κ3) is 4.73. The summed E-state index contributed by atoms with van der Waals surface area (Å²) >= 11 is 0. The molecule has 4 heterocycles. The Balaban J connectivity index is 1.30. The zero-order chi connectivity index (χ0) is 21.1. The Bertz CT molecular complexity index is 1090. The Morgan fingerprint density at radius 2 is 1.87 bits per heavy atom. The average Bonchev–Trinajstić information content (AvgIpc) is 2.74. The van der Waals surface area contributed by atoms with E-state index in [9.17, 15) is 13.6 Å². The minimum absolute atomic E-state index is 0.131. The van der Waals surface area contributed by atoms with Gasteiger partial charge in [0.25, 0.3) is 5.56 Å². The molecule has 0 N–H and O–H groups in total. The molecule has 7 heteroatoms. The number of fused-ring (bicyclic) bond motifs is 1. The maximum Gasteiger partial charge on any atom is 0.251 e. The topological polar surface area (TPSA) is 51.0 Å². The Kier molecular flexibility index (Phi) is 6.18. The van der Waals surface area contributed by atoms with E-state index >= 15 is 0 Å². The first kappa shape index (κ1) is 20.6. The van der Waals surface area contributed by atoms with E-state index in [-0.39, 0.29) is 5.56 Å². The molecule has 0 aromatic carbocycles. The van der Waals surface area contributed by atoms with Crippen LogP contribution in [0.25, 0.3) is 11.0 Å². The largest absolute Gasteiger partial charge is 0.305 e. The summed E-state index contributed by atoms with van der Waals surface area (Å²) in [6.45, 7) is 4.99. The van der Waals surface area contributed by atoms with Gasteiger partial charge in [0.1, 0.15) is 5.82 Å². The molecule has 1 fully saturated rings. The Labute approximate surface area is 174 Å². The number of piperidine rings is 1. The summed E-state index contributed by atoms with van der Waals surface area (Å²) in [6.07, 6.45) is 7.02. The van der Waals surface area contributed by atoms with Crippen molar-refractivity contribution in [1.82, 2.24) is 19.4 Å². The van der Waals surface area contributed by atoms with E-state index in [2.05, 4.69) is 14.9 Å². The zero-order valence-corrected chi connectivity index (χ0v) is 17.2. The van der Waals surface area contributed by atoms with Gasteiger partial charge in [-0.15, -0.1) is 0 Å². The number of pyridine rings is 3. The second-order valence-electron chi connectivity index (χ2n) is 8.16. The third-order valence-electron chi connectivity index (χ3n) is 6.06. The van der Waals surface area contributed by atoms with E-state index in [1.165, 1.54) is 18.3 Å².